The van der Waals surface area contributed by atoms with Crippen LogP contribution in [0.15, 0.2) is 17.3 Å². The van der Waals surface area contributed by atoms with Crippen LogP contribution in [0, 0.1) is 0 Å². The molecule has 1 saturated carbocycles. The molecule has 0 saturated heterocycles. The van der Waals surface area contributed by atoms with Crippen molar-refractivity contribution in [3.8, 4) is 0 Å². The van der Waals surface area contributed by atoms with Gasteiger partial charge in [0.05, 0.1) is 12.2 Å². The molecule has 1 fully saturated rings. The first-order valence-corrected chi connectivity index (χ1v) is 5.89. The first kappa shape index (κ1) is 11.0. The van der Waals surface area contributed by atoms with E-state index in [-0.39, 0.29) is 0 Å². The molecule has 1 aliphatic carbocycles. The molecule has 0 aliphatic heterocycles. The minimum Gasteiger partial charge on any atom is -0.370 e. The predicted octanol–water partition coefficient (Wildman–Crippen LogP) is 1.15. The summed E-state index contributed by atoms with van der Waals surface area (Å²) in [5, 5.41) is 9.99. The summed E-state index contributed by atoms with van der Waals surface area (Å²) in [5.74, 6) is 0.543. The van der Waals surface area contributed by atoms with E-state index in [1.807, 2.05) is 6.07 Å². The van der Waals surface area contributed by atoms with E-state index in [0.717, 1.165) is 5.69 Å². The SMILES string of the molecule is NC(=NCc1ccn[nH]1)NC1CCCCC1. The molecule has 16 heavy (non-hydrogen) atoms. The highest BCUT2D eigenvalue weighted by Gasteiger charge is 2.13. The van der Waals surface area contributed by atoms with E-state index < -0.39 is 0 Å². The van der Waals surface area contributed by atoms with Gasteiger partial charge in [-0.25, -0.2) is 4.99 Å². The molecule has 88 valence electrons. The van der Waals surface area contributed by atoms with E-state index >= 15 is 0 Å². The number of rotatable bonds is 3. The highest BCUT2D eigenvalue weighted by Crippen LogP contribution is 2.16. The lowest BCUT2D eigenvalue weighted by molar-refractivity contribution is 0.412. The van der Waals surface area contributed by atoms with Crippen LogP contribution in [0.25, 0.3) is 0 Å². The Labute approximate surface area is 95.5 Å². The molecule has 0 radical (unpaired) electrons. The minimum absolute atomic E-state index is 0.513. The van der Waals surface area contributed by atoms with Gasteiger partial charge in [-0.2, -0.15) is 5.10 Å². The lowest BCUT2D eigenvalue weighted by Crippen LogP contribution is -2.41. The van der Waals surface area contributed by atoms with Crippen molar-refractivity contribution in [1.29, 1.82) is 0 Å². The molecule has 0 amide bonds. The molecular weight excluding hydrogens is 202 g/mol. The number of nitrogens with two attached hydrogens (primary N) is 1. The lowest BCUT2D eigenvalue weighted by Gasteiger charge is -2.23. The van der Waals surface area contributed by atoms with Crippen molar-refractivity contribution in [1.82, 2.24) is 15.5 Å². The molecule has 1 aliphatic rings. The van der Waals surface area contributed by atoms with E-state index in [1.54, 1.807) is 6.20 Å². The molecule has 5 nitrogen and oxygen atoms in total. The highest BCUT2D eigenvalue weighted by atomic mass is 15.1. The zero-order valence-corrected chi connectivity index (χ0v) is 9.45. The number of hydrogen-bond acceptors (Lipinski definition) is 2. The number of aromatic nitrogens is 2. The molecule has 0 unspecified atom stereocenters. The van der Waals surface area contributed by atoms with Gasteiger partial charge in [0.15, 0.2) is 5.96 Å². The third kappa shape index (κ3) is 3.25. The number of aromatic amines is 1. The molecular formula is C11H19N5. The van der Waals surface area contributed by atoms with E-state index in [1.165, 1.54) is 32.1 Å². The lowest BCUT2D eigenvalue weighted by atomic mass is 9.96. The summed E-state index contributed by atoms with van der Waals surface area (Å²) in [6.07, 6.45) is 8.08. The first-order chi connectivity index (χ1) is 7.84. The van der Waals surface area contributed by atoms with Crippen LogP contribution in [0.5, 0.6) is 0 Å². The van der Waals surface area contributed by atoms with Crippen molar-refractivity contribution in [2.24, 2.45) is 10.7 Å². The molecule has 2 rings (SSSR count). The van der Waals surface area contributed by atoms with Gasteiger partial charge in [-0.15, -0.1) is 0 Å². The van der Waals surface area contributed by atoms with Crippen LogP contribution in [0.2, 0.25) is 0 Å². The number of nitrogens with one attached hydrogen (secondary N) is 2. The molecule has 1 aromatic heterocycles. The smallest absolute Gasteiger partial charge is 0.189 e. The number of nitrogens with zero attached hydrogens (tertiary/aromatic N) is 2. The zero-order chi connectivity index (χ0) is 11.2. The van der Waals surface area contributed by atoms with Gasteiger partial charge < -0.3 is 11.1 Å². The Morgan fingerprint density at radius 2 is 2.31 bits per heavy atom. The van der Waals surface area contributed by atoms with Crippen LogP contribution in [-0.2, 0) is 6.54 Å². The van der Waals surface area contributed by atoms with Crippen LogP contribution in [0.1, 0.15) is 37.8 Å². The fourth-order valence-electron chi connectivity index (χ4n) is 2.04. The Bertz CT molecular complexity index is 324. The van der Waals surface area contributed by atoms with Gasteiger partial charge in [0, 0.05) is 12.2 Å². The van der Waals surface area contributed by atoms with E-state index in [2.05, 4.69) is 20.5 Å². The maximum Gasteiger partial charge on any atom is 0.189 e. The van der Waals surface area contributed by atoms with Gasteiger partial charge in [0.2, 0.25) is 0 Å². The molecule has 0 spiro atoms. The van der Waals surface area contributed by atoms with Gasteiger partial charge >= 0.3 is 0 Å². The van der Waals surface area contributed by atoms with Gasteiger partial charge in [-0.1, -0.05) is 19.3 Å². The van der Waals surface area contributed by atoms with Crippen LogP contribution in [0.3, 0.4) is 0 Å². The first-order valence-electron chi connectivity index (χ1n) is 5.89. The fourth-order valence-corrected chi connectivity index (χ4v) is 2.04. The van der Waals surface area contributed by atoms with Crippen molar-refractivity contribution in [3.05, 3.63) is 18.0 Å². The van der Waals surface area contributed by atoms with Crippen LogP contribution < -0.4 is 11.1 Å². The quantitative estimate of drug-likeness (QED) is 0.529. The summed E-state index contributed by atoms with van der Waals surface area (Å²) >= 11 is 0. The fraction of sp³-hybridized carbons (Fsp3) is 0.636. The van der Waals surface area contributed by atoms with Crippen LogP contribution >= 0.6 is 0 Å². The third-order valence-corrected chi connectivity index (χ3v) is 2.94. The van der Waals surface area contributed by atoms with Gasteiger partial charge in [-0.05, 0) is 18.9 Å². The van der Waals surface area contributed by atoms with Crippen molar-refractivity contribution in [2.45, 2.75) is 44.7 Å². The zero-order valence-electron chi connectivity index (χ0n) is 9.45. The maximum atomic E-state index is 5.83. The molecule has 0 bridgehead atoms. The molecule has 1 aromatic rings. The normalized spacial score (nSPS) is 18.6. The topological polar surface area (TPSA) is 79.1 Å². The van der Waals surface area contributed by atoms with Crippen LogP contribution in [0.4, 0.5) is 0 Å². The molecule has 1 heterocycles. The predicted molar refractivity (Wildman–Crippen MR) is 63.9 cm³/mol. The van der Waals surface area contributed by atoms with Gasteiger partial charge in [0.25, 0.3) is 0 Å². The number of hydrogen-bond donors (Lipinski definition) is 3. The molecule has 5 heteroatoms. The second-order valence-electron chi connectivity index (χ2n) is 4.26. The summed E-state index contributed by atoms with van der Waals surface area (Å²) in [6, 6.07) is 2.41. The summed E-state index contributed by atoms with van der Waals surface area (Å²) in [7, 11) is 0. The van der Waals surface area contributed by atoms with Crippen molar-refractivity contribution in [2.75, 3.05) is 0 Å². The largest absolute Gasteiger partial charge is 0.370 e. The summed E-state index contributed by atoms with van der Waals surface area (Å²) in [6.45, 7) is 0.561. The standard InChI is InChI=1S/C11H19N5/c12-11(13-8-10-6-7-14-16-10)15-9-4-2-1-3-5-9/h6-7,9H,1-5,8H2,(H,14,16)(H3,12,13,15). The Morgan fingerprint density at radius 1 is 1.50 bits per heavy atom. The molecule has 4 N–H and O–H groups in total. The monoisotopic (exact) mass is 221 g/mol. The van der Waals surface area contributed by atoms with E-state index in [9.17, 15) is 0 Å². The summed E-state index contributed by atoms with van der Waals surface area (Å²) < 4.78 is 0. The Kier molecular flexibility index (Phi) is 3.80. The minimum atomic E-state index is 0.513. The third-order valence-electron chi connectivity index (χ3n) is 2.94. The average molecular weight is 221 g/mol. The Balaban J connectivity index is 1.77. The van der Waals surface area contributed by atoms with E-state index in [4.69, 9.17) is 5.73 Å². The second-order valence-corrected chi connectivity index (χ2v) is 4.26. The maximum absolute atomic E-state index is 5.83. The number of aliphatic imine (C=N–C) groups is 1. The highest BCUT2D eigenvalue weighted by molar-refractivity contribution is 5.78. The summed E-state index contributed by atoms with van der Waals surface area (Å²) in [4.78, 5) is 4.27. The van der Waals surface area contributed by atoms with Crippen molar-refractivity contribution >= 4 is 5.96 Å². The summed E-state index contributed by atoms with van der Waals surface area (Å²) in [5.41, 5.74) is 6.81. The number of guanidine groups is 1. The average Bonchev–Trinajstić information content (AvgIpc) is 2.81. The Hall–Kier alpha value is -1.52. The molecule has 0 aromatic carbocycles. The van der Waals surface area contributed by atoms with Crippen LogP contribution in [-0.4, -0.2) is 22.2 Å². The van der Waals surface area contributed by atoms with Gasteiger partial charge in [0.1, 0.15) is 0 Å². The van der Waals surface area contributed by atoms with Crippen molar-refractivity contribution < 1.29 is 0 Å². The second kappa shape index (κ2) is 5.53. The Morgan fingerprint density at radius 3 is 3.00 bits per heavy atom. The number of H-pyrrole nitrogens is 1. The van der Waals surface area contributed by atoms with Gasteiger partial charge in [-0.3, -0.25) is 5.10 Å². The molecule has 0 atom stereocenters. The van der Waals surface area contributed by atoms with Crippen molar-refractivity contribution in [3.63, 3.8) is 0 Å². The van der Waals surface area contributed by atoms with E-state index in [0.29, 0.717) is 18.5 Å².